The molecule has 16 heavy (non-hydrogen) atoms. The monoisotopic (exact) mass is 225 g/mol. The molecule has 0 saturated carbocycles. The van der Waals surface area contributed by atoms with Crippen molar-refractivity contribution < 1.29 is 5.11 Å². The molecule has 0 aromatic carbocycles. The summed E-state index contributed by atoms with van der Waals surface area (Å²) in [5.74, 6) is 0. The Morgan fingerprint density at radius 3 is 2.75 bits per heavy atom. The van der Waals surface area contributed by atoms with Crippen molar-refractivity contribution in [1.82, 2.24) is 10.2 Å². The normalized spacial score (nSPS) is 28.7. The van der Waals surface area contributed by atoms with E-state index in [9.17, 15) is 5.11 Å². The van der Waals surface area contributed by atoms with Crippen LogP contribution in [0.15, 0.2) is 0 Å². The van der Waals surface area contributed by atoms with Gasteiger partial charge in [0.25, 0.3) is 0 Å². The van der Waals surface area contributed by atoms with Crippen molar-refractivity contribution in [3.63, 3.8) is 0 Å². The van der Waals surface area contributed by atoms with E-state index in [0.29, 0.717) is 6.04 Å². The van der Waals surface area contributed by atoms with E-state index in [1.165, 1.54) is 38.8 Å². The summed E-state index contributed by atoms with van der Waals surface area (Å²) in [7, 11) is 0. The van der Waals surface area contributed by atoms with Crippen molar-refractivity contribution in [2.24, 2.45) is 0 Å². The predicted octanol–water partition coefficient (Wildman–Crippen LogP) is 1.80. The minimum atomic E-state index is -0.335. The minimum absolute atomic E-state index is 0.335. The summed E-state index contributed by atoms with van der Waals surface area (Å²) >= 11 is 0. The molecule has 2 rings (SSSR count). The third-order valence-electron chi connectivity index (χ3n) is 3.91. The minimum Gasteiger partial charge on any atom is -0.314 e. The Morgan fingerprint density at radius 2 is 2.06 bits per heavy atom. The maximum absolute atomic E-state index is 11.8. The Balaban J connectivity index is 1.51. The third-order valence-corrected chi connectivity index (χ3v) is 3.91. The molecular weight excluding hydrogens is 200 g/mol. The van der Waals surface area contributed by atoms with E-state index < -0.39 is 0 Å². The SMILES string of the molecule is [O]C(CCCN1CCCC1)CC1CCCN1. The highest BCUT2D eigenvalue weighted by Gasteiger charge is 2.19. The third kappa shape index (κ3) is 4.04. The first-order valence-electron chi connectivity index (χ1n) is 6.96. The molecule has 2 atom stereocenters. The van der Waals surface area contributed by atoms with Gasteiger partial charge in [-0.3, -0.25) is 0 Å². The van der Waals surface area contributed by atoms with Crippen LogP contribution < -0.4 is 5.32 Å². The fourth-order valence-corrected chi connectivity index (χ4v) is 2.94. The van der Waals surface area contributed by atoms with Gasteiger partial charge in [0.15, 0.2) is 0 Å². The van der Waals surface area contributed by atoms with Crippen molar-refractivity contribution >= 4 is 0 Å². The van der Waals surface area contributed by atoms with E-state index in [-0.39, 0.29) is 6.10 Å². The molecule has 2 saturated heterocycles. The molecular formula is C13H25N2O. The number of hydrogen-bond donors (Lipinski definition) is 1. The lowest BCUT2D eigenvalue weighted by Crippen LogP contribution is -2.27. The number of hydrogen-bond acceptors (Lipinski definition) is 2. The van der Waals surface area contributed by atoms with Gasteiger partial charge in [0.1, 0.15) is 0 Å². The van der Waals surface area contributed by atoms with Crippen LogP contribution in [0.1, 0.15) is 44.9 Å². The molecule has 2 fully saturated rings. The van der Waals surface area contributed by atoms with Gasteiger partial charge < -0.3 is 10.2 Å². The number of nitrogens with one attached hydrogen (secondary N) is 1. The van der Waals surface area contributed by atoms with Gasteiger partial charge in [-0.1, -0.05) is 0 Å². The summed E-state index contributed by atoms with van der Waals surface area (Å²) in [5, 5.41) is 15.2. The summed E-state index contributed by atoms with van der Waals surface area (Å²) in [6.45, 7) is 4.78. The van der Waals surface area contributed by atoms with Crippen LogP contribution in [0.3, 0.4) is 0 Å². The molecule has 0 amide bonds. The predicted molar refractivity (Wildman–Crippen MR) is 65.0 cm³/mol. The van der Waals surface area contributed by atoms with Crippen LogP contribution in [0.4, 0.5) is 0 Å². The average Bonchev–Trinajstić information content (AvgIpc) is 2.90. The number of nitrogens with zero attached hydrogens (tertiary/aromatic N) is 1. The van der Waals surface area contributed by atoms with E-state index in [0.717, 1.165) is 32.4 Å². The van der Waals surface area contributed by atoms with Gasteiger partial charge in [0, 0.05) is 6.04 Å². The van der Waals surface area contributed by atoms with Crippen molar-refractivity contribution in [2.75, 3.05) is 26.2 Å². The van der Waals surface area contributed by atoms with E-state index in [2.05, 4.69) is 10.2 Å². The van der Waals surface area contributed by atoms with Crippen molar-refractivity contribution in [3.05, 3.63) is 0 Å². The van der Waals surface area contributed by atoms with Crippen LogP contribution in [0.2, 0.25) is 0 Å². The molecule has 2 aliphatic rings. The molecule has 3 nitrogen and oxygen atoms in total. The molecule has 0 aliphatic carbocycles. The van der Waals surface area contributed by atoms with Gasteiger partial charge in [0.05, 0.1) is 6.10 Å². The molecule has 0 spiro atoms. The maximum atomic E-state index is 11.8. The molecule has 1 radical (unpaired) electrons. The van der Waals surface area contributed by atoms with Crippen LogP contribution in [0.5, 0.6) is 0 Å². The van der Waals surface area contributed by atoms with E-state index in [4.69, 9.17) is 0 Å². The summed E-state index contributed by atoms with van der Waals surface area (Å²) in [5.41, 5.74) is 0. The Labute approximate surface area is 99.2 Å². The zero-order chi connectivity index (χ0) is 11.2. The second-order valence-electron chi connectivity index (χ2n) is 5.34. The van der Waals surface area contributed by atoms with Crippen LogP contribution in [0, 0.1) is 0 Å². The highest BCUT2D eigenvalue weighted by molar-refractivity contribution is 4.77. The second kappa shape index (κ2) is 6.58. The van der Waals surface area contributed by atoms with Gasteiger partial charge >= 0.3 is 0 Å². The van der Waals surface area contributed by atoms with Crippen molar-refractivity contribution in [3.8, 4) is 0 Å². The summed E-state index contributed by atoms with van der Waals surface area (Å²) in [6.07, 6.45) is 7.66. The standard InChI is InChI=1S/C13H25N2O/c16-13(11-12-5-3-7-14-12)6-4-10-15-8-1-2-9-15/h12-14H,1-11H2. The number of likely N-dealkylation sites (tertiary alicyclic amines) is 1. The molecule has 2 heterocycles. The Bertz CT molecular complexity index is 186. The molecule has 0 aromatic heterocycles. The first-order valence-corrected chi connectivity index (χ1v) is 6.96. The van der Waals surface area contributed by atoms with Crippen LogP contribution >= 0.6 is 0 Å². The van der Waals surface area contributed by atoms with Crippen LogP contribution in [-0.2, 0) is 5.11 Å². The maximum Gasteiger partial charge on any atom is 0.0945 e. The molecule has 1 N–H and O–H groups in total. The summed E-state index contributed by atoms with van der Waals surface area (Å²) in [6, 6.07) is 0.522. The Kier molecular flexibility index (Phi) is 5.07. The lowest BCUT2D eigenvalue weighted by molar-refractivity contribution is 0.0620. The number of rotatable bonds is 6. The highest BCUT2D eigenvalue weighted by atomic mass is 16.3. The quantitative estimate of drug-likeness (QED) is 0.748. The van der Waals surface area contributed by atoms with Crippen molar-refractivity contribution in [2.45, 2.75) is 57.1 Å². The smallest absolute Gasteiger partial charge is 0.0945 e. The fraction of sp³-hybridized carbons (Fsp3) is 1.00. The van der Waals surface area contributed by atoms with Gasteiger partial charge in [0.2, 0.25) is 0 Å². The summed E-state index contributed by atoms with van der Waals surface area (Å²) in [4.78, 5) is 2.50. The lowest BCUT2D eigenvalue weighted by atomic mass is 10.0. The van der Waals surface area contributed by atoms with Crippen LogP contribution in [-0.4, -0.2) is 43.2 Å². The van der Waals surface area contributed by atoms with E-state index >= 15 is 0 Å². The topological polar surface area (TPSA) is 35.2 Å². The lowest BCUT2D eigenvalue weighted by Gasteiger charge is -2.17. The van der Waals surface area contributed by atoms with E-state index in [1.807, 2.05) is 0 Å². The van der Waals surface area contributed by atoms with Gasteiger partial charge in [-0.15, -0.1) is 0 Å². The molecule has 2 unspecified atom stereocenters. The van der Waals surface area contributed by atoms with Crippen LogP contribution in [0.25, 0.3) is 0 Å². The van der Waals surface area contributed by atoms with Gasteiger partial charge in [-0.25, -0.2) is 5.11 Å². The zero-order valence-electron chi connectivity index (χ0n) is 10.3. The van der Waals surface area contributed by atoms with Gasteiger partial charge in [-0.2, -0.15) is 0 Å². The molecule has 0 bridgehead atoms. The van der Waals surface area contributed by atoms with Crippen molar-refractivity contribution in [1.29, 1.82) is 0 Å². The summed E-state index contributed by atoms with van der Waals surface area (Å²) < 4.78 is 0. The average molecular weight is 225 g/mol. The Hall–Kier alpha value is -0.120. The first-order chi connectivity index (χ1) is 7.84. The largest absolute Gasteiger partial charge is 0.314 e. The van der Waals surface area contributed by atoms with E-state index in [1.54, 1.807) is 0 Å². The fourth-order valence-electron chi connectivity index (χ4n) is 2.94. The highest BCUT2D eigenvalue weighted by Crippen LogP contribution is 2.15. The molecule has 2 aliphatic heterocycles. The Morgan fingerprint density at radius 1 is 1.25 bits per heavy atom. The first kappa shape index (κ1) is 12.3. The second-order valence-corrected chi connectivity index (χ2v) is 5.34. The molecule has 93 valence electrons. The zero-order valence-corrected chi connectivity index (χ0v) is 10.3. The molecule has 0 aromatic rings. The molecule has 3 heteroatoms. The van der Waals surface area contributed by atoms with Gasteiger partial charge in [-0.05, 0) is 71.1 Å².